The Hall–Kier alpha value is -0.540. The van der Waals surface area contributed by atoms with E-state index >= 15 is 0 Å². The molecular weight excluding hydrogens is 304 g/mol. The van der Waals surface area contributed by atoms with Crippen LogP contribution >= 0.6 is 15.9 Å². The van der Waals surface area contributed by atoms with Crippen LogP contribution in [0.4, 0.5) is 0 Å². The van der Waals surface area contributed by atoms with Crippen LogP contribution in [-0.2, 0) is 11.3 Å². The highest BCUT2D eigenvalue weighted by Crippen LogP contribution is 2.38. The molecule has 1 aromatic rings. The molecule has 0 saturated heterocycles. The molecule has 1 aromatic carbocycles. The van der Waals surface area contributed by atoms with Crippen LogP contribution in [0.15, 0.2) is 24.3 Å². The Morgan fingerprint density at radius 2 is 2.00 bits per heavy atom. The molecule has 0 aliphatic heterocycles. The van der Waals surface area contributed by atoms with Crippen molar-refractivity contribution in [2.75, 3.05) is 19.0 Å². The van der Waals surface area contributed by atoms with Crippen molar-refractivity contribution in [2.45, 2.75) is 38.7 Å². The molecule has 1 fully saturated rings. The maximum atomic E-state index is 6.04. The number of methoxy groups -OCH3 is 1. The quantitative estimate of drug-likeness (QED) is 0.713. The van der Waals surface area contributed by atoms with Crippen LogP contribution in [-0.4, -0.2) is 19.0 Å². The van der Waals surface area contributed by atoms with Gasteiger partial charge >= 0.3 is 0 Å². The van der Waals surface area contributed by atoms with Gasteiger partial charge in [0.15, 0.2) is 0 Å². The van der Waals surface area contributed by atoms with Gasteiger partial charge in [0, 0.05) is 17.9 Å². The van der Waals surface area contributed by atoms with Crippen molar-refractivity contribution in [3.8, 4) is 5.75 Å². The van der Waals surface area contributed by atoms with Gasteiger partial charge < -0.3 is 9.47 Å². The zero-order valence-electron chi connectivity index (χ0n) is 11.7. The predicted octanol–water partition coefficient (Wildman–Crippen LogP) is 4.56. The van der Waals surface area contributed by atoms with Gasteiger partial charge in [0.05, 0.1) is 13.2 Å². The summed E-state index contributed by atoms with van der Waals surface area (Å²) >= 11 is 3.68. The number of rotatable bonds is 6. The Bertz CT molecular complexity index is 386. The largest absolute Gasteiger partial charge is 0.493 e. The van der Waals surface area contributed by atoms with Gasteiger partial charge in [-0.1, -0.05) is 47.3 Å². The Labute approximate surface area is 124 Å². The van der Waals surface area contributed by atoms with Gasteiger partial charge in [-0.2, -0.15) is 0 Å². The maximum Gasteiger partial charge on any atom is 0.119 e. The summed E-state index contributed by atoms with van der Waals surface area (Å²) in [6, 6.07) is 8.21. The van der Waals surface area contributed by atoms with Crippen LogP contribution in [0.2, 0.25) is 0 Å². The summed E-state index contributed by atoms with van der Waals surface area (Å²) in [4.78, 5) is 0. The molecule has 2 rings (SSSR count). The van der Waals surface area contributed by atoms with E-state index in [4.69, 9.17) is 9.47 Å². The molecule has 19 heavy (non-hydrogen) atoms. The molecule has 0 atom stereocenters. The Morgan fingerprint density at radius 3 is 2.68 bits per heavy atom. The van der Waals surface area contributed by atoms with Gasteiger partial charge in [0.25, 0.3) is 0 Å². The van der Waals surface area contributed by atoms with Crippen LogP contribution in [0.5, 0.6) is 5.75 Å². The van der Waals surface area contributed by atoms with E-state index in [9.17, 15) is 0 Å². The lowest BCUT2D eigenvalue weighted by Gasteiger charge is -2.35. The van der Waals surface area contributed by atoms with Crippen LogP contribution in [0.3, 0.4) is 0 Å². The number of benzene rings is 1. The second-order valence-corrected chi connectivity index (χ2v) is 6.12. The highest BCUT2D eigenvalue weighted by molar-refractivity contribution is 9.09. The molecule has 0 amide bonds. The lowest BCUT2D eigenvalue weighted by atomic mass is 9.76. The molecule has 0 radical (unpaired) electrons. The standard InChI is InChI=1S/C16H23BrO2/c1-18-11-14-6-5-7-15(10-14)19-13-16(12-17)8-3-2-4-9-16/h5-7,10H,2-4,8-9,11-13H2,1H3. The summed E-state index contributed by atoms with van der Waals surface area (Å²) in [5, 5.41) is 1.04. The third-order valence-corrected chi connectivity index (χ3v) is 5.14. The molecule has 0 N–H and O–H groups in total. The van der Waals surface area contributed by atoms with Gasteiger partial charge in [0.1, 0.15) is 5.75 Å². The first-order valence-electron chi connectivity index (χ1n) is 7.05. The lowest BCUT2D eigenvalue weighted by Crippen LogP contribution is -2.32. The fourth-order valence-corrected chi connectivity index (χ4v) is 3.47. The highest BCUT2D eigenvalue weighted by Gasteiger charge is 2.31. The minimum atomic E-state index is 0.329. The summed E-state index contributed by atoms with van der Waals surface area (Å²) in [6.45, 7) is 1.45. The van der Waals surface area contributed by atoms with E-state index in [0.717, 1.165) is 23.2 Å². The minimum Gasteiger partial charge on any atom is -0.493 e. The first-order valence-corrected chi connectivity index (χ1v) is 8.17. The first-order chi connectivity index (χ1) is 9.28. The van der Waals surface area contributed by atoms with Gasteiger partial charge in [0.2, 0.25) is 0 Å². The number of hydrogen-bond donors (Lipinski definition) is 0. The summed E-state index contributed by atoms with van der Waals surface area (Å²) in [6.07, 6.45) is 6.58. The second-order valence-electron chi connectivity index (χ2n) is 5.56. The number of halogens is 1. The number of hydrogen-bond acceptors (Lipinski definition) is 2. The topological polar surface area (TPSA) is 18.5 Å². The normalized spacial score (nSPS) is 18.2. The van der Waals surface area contributed by atoms with Gasteiger partial charge in [-0.25, -0.2) is 0 Å². The average Bonchev–Trinajstić information content (AvgIpc) is 2.47. The maximum absolute atomic E-state index is 6.04. The first kappa shape index (κ1) is 14.9. The zero-order valence-corrected chi connectivity index (χ0v) is 13.2. The molecule has 0 spiro atoms. The molecule has 3 heteroatoms. The van der Waals surface area contributed by atoms with Crippen molar-refractivity contribution in [1.82, 2.24) is 0 Å². The molecule has 1 saturated carbocycles. The minimum absolute atomic E-state index is 0.329. The van der Waals surface area contributed by atoms with Gasteiger partial charge in [-0.05, 0) is 30.5 Å². The molecule has 0 aromatic heterocycles. The van der Waals surface area contributed by atoms with E-state index in [1.54, 1.807) is 7.11 Å². The van der Waals surface area contributed by atoms with E-state index < -0.39 is 0 Å². The Balaban J connectivity index is 1.94. The van der Waals surface area contributed by atoms with Crippen molar-refractivity contribution >= 4 is 15.9 Å². The summed E-state index contributed by atoms with van der Waals surface area (Å²) in [7, 11) is 1.72. The van der Waals surface area contributed by atoms with Crippen LogP contribution < -0.4 is 4.74 Å². The average molecular weight is 327 g/mol. The summed E-state index contributed by atoms with van der Waals surface area (Å²) in [5.74, 6) is 0.959. The summed E-state index contributed by atoms with van der Waals surface area (Å²) in [5.41, 5.74) is 1.49. The number of ether oxygens (including phenoxy) is 2. The van der Waals surface area contributed by atoms with Crippen molar-refractivity contribution in [3.05, 3.63) is 29.8 Å². The fourth-order valence-electron chi connectivity index (χ4n) is 2.75. The molecule has 1 aliphatic rings. The zero-order chi connectivity index (χ0) is 13.6. The van der Waals surface area contributed by atoms with Gasteiger partial charge in [-0.15, -0.1) is 0 Å². The van der Waals surface area contributed by atoms with Crippen molar-refractivity contribution < 1.29 is 9.47 Å². The molecule has 106 valence electrons. The van der Waals surface area contributed by atoms with E-state index in [1.807, 2.05) is 12.1 Å². The van der Waals surface area contributed by atoms with Crippen molar-refractivity contribution in [2.24, 2.45) is 5.41 Å². The van der Waals surface area contributed by atoms with Crippen LogP contribution in [0, 0.1) is 5.41 Å². The molecule has 1 aliphatic carbocycles. The Morgan fingerprint density at radius 1 is 1.21 bits per heavy atom. The molecule has 0 unspecified atom stereocenters. The molecule has 2 nitrogen and oxygen atoms in total. The lowest BCUT2D eigenvalue weighted by molar-refractivity contribution is 0.121. The number of alkyl halides is 1. The highest BCUT2D eigenvalue weighted by atomic mass is 79.9. The van der Waals surface area contributed by atoms with Crippen LogP contribution in [0.1, 0.15) is 37.7 Å². The second kappa shape index (κ2) is 7.30. The molecule has 0 bridgehead atoms. The smallest absolute Gasteiger partial charge is 0.119 e. The van der Waals surface area contributed by atoms with E-state index in [1.165, 1.54) is 32.1 Å². The molecule has 0 heterocycles. The van der Waals surface area contributed by atoms with Crippen molar-refractivity contribution in [1.29, 1.82) is 0 Å². The van der Waals surface area contributed by atoms with E-state index in [2.05, 4.69) is 28.1 Å². The predicted molar refractivity (Wildman–Crippen MR) is 82.0 cm³/mol. The summed E-state index contributed by atoms with van der Waals surface area (Å²) < 4.78 is 11.2. The third-order valence-electron chi connectivity index (χ3n) is 3.95. The van der Waals surface area contributed by atoms with Crippen molar-refractivity contribution in [3.63, 3.8) is 0 Å². The van der Waals surface area contributed by atoms with Gasteiger partial charge in [-0.3, -0.25) is 0 Å². The van der Waals surface area contributed by atoms with E-state index in [-0.39, 0.29) is 0 Å². The van der Waals surface area contributed by atoms with Crippen LogP contribution in [0.25, 0.3) is 0 Å². The molecular formula is C16H23BrO2. The third kappa shape index (κ3) is 4.22. The monoisotopic (exact) mass is 326 g/mol. The SMILES string of the molecule is COCc1cccc(OCC2(CBr)CCCCC2)c1. The fraction of sp³-hybridized carbons (Fsp3) is 0.625. The Kier molecular flexibility index (Phi) is 5.71. The van der Waals surface area contributed by atoms with E-state index in [0.29, 0.717) is 12.0 Å².